The van der Waals surface area contributed by atoms with Gasteiger partial charge >= 0.3 is 16.8 Å². The van der Waals surface area contributed by atoms with Crippen LogP contribution >= 0.6 is 0 Å². The molecule has 22 heavy (non-hydrogen) atoms. The number of carbonyl (C=O) groups is 6. The van der Waals surface area contributed by atoms with E-state index < -0.39 is 37.2 Å². The third kappa shape index (κ3) is 52.1. The number of hydrogen-bond donors (Lipinski definition) is 0. The molecule has 0 rings (SSSR count). The molecule has 0 aromatic carbocycles. The number of carbonyl (C=O) groups excluding carboxylic acids is 6. The molecule has 0 aromatic rings. The number of hydrogen-bond acceptors (Lipinski definition) is 9. The number of carboxylic acids is 3. The average molecular weight is 362 g/mol. The van der Waals surface area contributed by atoms with E-state index in [1.807, 2.05) is 0 Å². The first-order chi connectivity index (χ1) is 9.38. The number of rotatable bonds is 6. The predicted octanol–water partition coefficient (Wildman–Crippen LogP) is -3.86. The van der Waals surface area contributed by atoms with Gasteiger partial charge in [0.05, 0.1) is 0 Å². The molecular formula is C12H15CoO9. The summed E-state index contributed by atoms with van der Waals surface area (Å²) in [5, 5.41) is 28.4. The molecule has 0 bridgehead atoms. The maximum absolute atomic E-state index is 9.83. The summed E-state index contributed by atoms with van der Waals surface area (Å²) in [6, 6.07) is 0. The van der Waals surface area contributed by atoms with Crippen LogP contribution in [0.5, 0.6) is 0 Å². The van der Waals surface area contributed by atoms with Gasteiger partial charge in [0.2, 0.25) is 0 Å². The van der Waals surface area contributed by atoms with E-state index in [-0.39, 0.29) is 34.1 Å². The van der Waals surface area contributed by atoms with Gasteiger partial charge in [-0.2, -0.15) is 0 Å². The van der Waals surface area contributed by atoms with E-state index in [2.05, 4.69) is 0 Å². The van der Waals surface area contributed by atoms with Gasteiger partial charge < -0.3 is 29.7 Å². The van der Waals surface area contributed by atoms with E-state index in [9.17, 15) is 44.1 Å². The second kappa shape index (κ2) is 17.0. The van der Waals surface area contributed by atoms with Crippen molar-refractivity contribution in [2.75, 3.05) is 0 Å². The number of Topliss-reactive ketones (excluding diaryl/α,β-unsaturated/α-hetero) is 3. The van der Waals surface area contributed by atoms with Crippen LogP contribution in [0.4, 0.5) is 0 Å². The molecule has 0 aromatic heterocycles. The van der Waals surface area contributed by atoms with Crippen LogP contribution in [0.25, 0.3) is 0 Å². The van der Waals surface area contributed by atoms with Crippen molar-refractivity contribution in [2.24, 2.45) is 0 Å². The summed E-state index contributed by atoms with van der Waals surface area (Å²) < 4.78 is 0. The summed E-state index contributed by atoms with van der Waals surface area (Å²) in [5.74, 6) is -5.06. The van der Waals surface area contributed by atoms with Crippen molar-refractivity contribution in [1.82, 2.24) is 0 Å². The van der Waals surface area contributed by atoms with Crippen LogP contribution in [0.1, 0.15) is 40.0 Å². The Hall–Kier alpha value is -2.07. The Labute approximate surface area is 136 Å². The Morgan fingerprint density at radius 1 is 0.545 bits per heavy atom. The molecule has 0 N–H and O–H groups in total. The molecule has 0 aliphatic rings. The molecule has 0 atom stereocenters. The largest absolute Gasteiger partial charge is 3.00 e. The van der Waals surface area contributed by atoms with Crippen LogP contribution in [0.2, 0.25) is 0 Å². The monoisotopic (exact) mass is 362 g/mol. The molecule has 126 valence electrons. The zero-order chi connectivity index (χ0) is 17.6. The third-order valence-corrected chi connectivity index (χ3v) is 1.18. The fourth-order valence-corrected chi connectivity index (χ4v) is 0.610. The molecule has 0 unspecified atom stereocenters. The van der Waals surface area contributed by atoms with Gasteiger partial charge in [-0.15, -0.1) is 0 Å². The van der Waals surface area contributed by atoms with Crippen LogP contribution in [0, 0.1) is 0 Å². The van der Waals surface area contributed by atoms with Gasteiger partial charge in [-0.1, -0.05) is 0 Å². The molecule has 0 saturated heterocycles. The van der Waals surface area contributed by atoms with Gasteiger partial charge in [0.1, 0.15) is 17.3 Å². The average Bonchev–Trinajstić information content (AvgIpc) is 2.10. The quantitative estimate of drug-likeness (QED) is 0.429. The van der Waals surface area contributed by atoms with Crippen molar-refractivity contribution in [3.8, 4) is 0 Å². The van der Waals surface area contributed by atoms with E-state index in [1.165, 1.54) is 20.8 Å². The van der Waals surface area contributed by atoms with Crippen molar-refractivity contribution < 1.29 is 60.9 Å². The number of ketones is 3. The summed E-state index contributed by atoms with van der Waals surface area (Å²) in [5.41, 5.74) is 0. The number of aliphatic carboxylic acids is 3. The maximum Gasteiger partial charge on any atom is 3.00 e. The van der Waals surface area contributed by atoms with E-state index in [1.54, 1.807) is 0 Å². The van der Waals surface area contributed by atoms with Gasteiger partial charge in [-0.25, -0.2) is 0 Å². The molecule has 0 amide bonds. The summed E-state index contributed by atoms with van der Waals surface area (Å²) in [6.07, 6.45) is -1.42. The summed E-state index contributed by atoms with van der Waals surface area (Å²) in [4.78, 5) is 57.9. The normalized spacial score (nSPS) is 7.77. The summed E-state index contributed by atoms with van der Waals surface area (Å²) in [6.45, 7) is 3.61. The third-order valence-electron chi connectivity index (χ3n) is 1.18. The Morgan fingerprint density at radius 3 is 0.682 bits per heavy atom. The van der Waals surface area contributed by atoms with Gasteiger partial charge in [0.15, 0.2) is 0 Å². The van der Waals surface area contributed by atoms with Gasteiger partial charge in [-0.3, -0.25) is 14.4 Å². The fourth-order valence-electron chi connectivity index (χ4n) is 0.610. The number of carboxylic acid groups (broad SMARTS) is 3. The van der Waals surface area contributed by atoms with Crippen molar-refractivity contribution >= 4 is 35.3 Å². The minimum Gasteiger partial charge on any atom is -0.550 e. The molecule has 0 saturated carbocycles. The minimum atomic E-state index is -1.31. The van der Waals surface area contributed by atoms with Crippen molar-refractivity contribution in [1.29, 1.82) is 0 Å². The first-order valence-electron chi connectivity index (χ1n) is 5.46. The van der Waals surface area contributed by atoms with Crippen LogP contribution in [0.15, 0.2) is 0 Å². The first kappa shape index (κ1) is 28.1. The fraction of sp³-hybridized carbons (Fsp3) is 0.500. The molecular weight excluding hydrogens is 347 g/mol. The van der Waals surface area contributed by atoms with E-state index in [4.69, 9.17) is 0 Å². The zero-order valence-corrected chi connectivity index (χ0v) is 13.2. The Bertz CT molecular complexity index is 317. The van der Waals surface area contributed by atoms with E-state index in [0.29, 0.717) is 0 Å². The Morgan fingerprint density at radius 2 is 0.682 bits per heavy atom. The molecule has 0 aliphatic carbocycles. The second-order valence-corrected chi connectivity index (χ2v) is 3.75. The Kier molecular flexibility index (Phi) is 21.7. The van der Waals surface area contributed by atoms with Gasteiger partial charge in [0, 0.05) is 37.2 Å². The summed E-state index contributed by atoms with van der Waals surface area (Å²) >= 11 is 0. The van der Waals surface area contributed by atoms with Crippen LogP contribution in [-0.2, 0) is 45.5 Å². The molecule has 9 nitrogen and oxygen atoms in total. The SMILES string of the molecule is CC(=O)CC(=O)[O-].CC(=O)CC(=O)[O-].CC(=O)CC(=O)[O-].[Co+3]. The standard InChI is InChI=1S/3C4H6O3.Co/c3*1-3(5)2-4(6)7;/h3*2H2,1H3,(H,6,7);/q;;;+3/p-3. The van der Waals surface area contributed by atoms with Crippen molar-refractivity contribution in [3.63, 3.8) is 0 Å². The van der Waals surface area contributed by atoms with Gasteiger partial charge in [-0.05, 0) is 20.8 Å². The molecule has 0 heterocycles. The van der Waals surface area contributed by atoms with E-state index in [0.717, 1.165) is 0 Å². The zero-order valence-electron chi connectivity index (χ0n) is 12.1. The molecule has 0 spiro atoms. The Balaban J connectivity index is -0.000000108. The van der Waals surface area contributed by atoms with Crippen LogP contribution < -0.4 is 15.3 Å². The predicted molar refractivity (Wildman–Crippen MR) is 60.9 cm³/mol. The van der Waals surface area contributed by atoms with Crippen molar-refractivity contribution in [2.45, 2.75) is 40.0 Å². The first-order valence-corrected chi connectivity index (χ1v) is 5.46. The summed E-state index contributed by atoms with van der Waals surface area (Å²) in [7, 11) is 0. The second-order valence-electron chi connectivity index (χ2n) is 3.75. The van der Waals surface area contributed by atoms with Crippen LogP contribution in [0.3, 0.4) is 0 Å². The molecule has 0 radical (unpaired) electrons. The van der Waals surface area contributed by atoms with E-state index >= 15 is 0 Å². The van der Waals surface area contributed by atoms with Crippen molar-refractivity contribution in [3.05, 3.63) is 0 Å². The topological polar surface area (TPSA) is 172 Å². The maximum atomic E-state index is 9.83. The van der Waals surface area contributed by atoms with Gasteiger partial charge in [0.25, 0.3) is 0 Å². The molecule has 0 aliphatic heterocycles. The minimum absolute atomic E-state index is 0. The smallest absolute Gasteiger partial charge is 0.550 e. The molecule has 10 heteroatoms. The van der Waals surface area contributed by atoms with Crippen LogP contribution in [-0.4, -0.2) is 35.3 Å². The molecule has 0 fully saturated rings.